The van der Waals surface area contributed by atoms with Gasteiger partial charge in [0.05, 0.1) is 6.04 Å². The number of thiophene rings is 1. The first-order chi connectivity index (χ1) is 9.17. The van der Waals surface area contributed by atoms with E-state index in [0.29, 0.717) is 6.54 Å². The molecule has 1 heterocycles. The zero-order valence-electron chi connectivity index (χ0n) is 11.9. The van der Waals surface area contributed by atoms with Crippen LogP contribution < -0.4 is 10.6 Å². The Bertz CT molecular complexity index is 533. The summed E-state index contributed by atoms with van der Waals surface area (Å²) in [7, 11) is 0. The van der Waals surface area contributed by atoms with Crippen LogP contribution in [0.4, 0.5) is 5.69 Å². The van der Waals surface area contributed by atoms with E-state index in [0.717, 1.165) is 6.54 Å². The Morgan fingerprint density at radius 3 is 2.58 bits per heavy atom. The molecule has 0 amide bonds. The summed E-state index contributed by atoms with van der Waals surface area (Å²) in [5.74, 6) is 0. The van der Waals surface area contributed by atoms with Crippen LogP contribution in [0.15, 0.2) is 35.7 Å². The van der Waals surface area contributed by atoms with E-state index in [2.05, 4.69) is 61.4 Å². The lowest BCUT2D eigenvalue weighted by molar-refractivity contribution is 0.650. The molecule has 102 valence electrons. The first-order valence-electron chi connectivity index (χ1n) is 6.74. The summed E-state index contributed by atoms with van der Waals surface area (Å²) in [5, 5.41) is 2.15. The van der Waals surface area contributed by atoms with Gasteiger partial charge in [-0.2, -0.15) is 0 Å². The maximum Gasteiger partial charge on any atom is 0.0759 e. The van der Waals surface area contributed by atoms with Crippen molar-refractivity contribution < 1.29 is 0 Å². The second-order valence-electron chi connectivity index (χ2n) is 4.84. The molecule has 0 saturated heterocycles. The molecule has 1 aromatic heterocycles. The van der Waals surface area contributed by atoms with Crippen molar-refractivity contribution in [1.82, 2.24) is 0 Å². The highest BCUT2D eigenvalue weighted by Crippen LogP contribution is 2.31. The number of likely N-dealkylation sites (N-methyl/N-ethyl adjacent to an activating group) is 1. The van der Waals surface area contributed by atoms with Crippen LogP contribution in [0.5, 0.6) is 0 Å². The minimum atomic E-state index is 0.270. The Balaban J connectivity index is 2.37. The van der Waals surface area contributed by atoms with E-state index in [4.69, 9.17) is 5.73 Å². The molecule has 0 aliphatic rings. The van der Waals surface area contributed by atoms with Crippen molar-refractivity contribution in [2.45, 2.75) is 26.8 Å². The summed E-state index contributed by atoms with van der Waals surface area (Å²) in [5.41, 5.74) is 9.93. The standard InChI is InChI=1S/C16H22N2S/c1-4-18(14-7-5-6-12(2)10-14)15(11-17)16-13(3)8-9-19-16/h5-10,15H,4,11,17H2,1-3H3. The quantitative estimate of drug-likeness (QED) is 0.896. The van der Waals surface area contributed by atoms with Crippen molar-refractivity contribution >= 4 is 17.0 Å². The SMILES string of the molecule is CCN(c1cccc(C)c1)C(CN)c1sccc1C. The maximum absolute atomic E-state index is 6.05. The average Bonchev–Trinajstić information content (AvgIpc) is 2.82. The van der Waals surface area contributed by atoms with Gasteiger partial charge < -0.3 is 10.6 Å². The van der Waals surface area contributed by atoms with Crippen molar-refractivity contribution in [1.29, 1.82) is 0 Å². The number of rotatable bonds is 5. The zero-order chi connectivity index (χ0) is 13.8. The molecular formula is C16H22N2S. The van der Waals surface area contributed by atoms with Gasteiger partial charge in [-0.3, -0.25) is 0 Å². The zero-order valence-corrected chi connectivity index (χ0v) is 12.7. The molecule has 0 aliphatic carbocycles. The predicted octanol–water partition coefficient (Wildman–Crippen LogP) is 3.89. The molecule has 2 nitrogen and oxygen atoms in total. The lowest BCUT2D eigenvalue weighted by Gasteiger charge is -2.32. The van der Waals surface area contributed by atoms with Crippen LogP contribution in [-0.2, 0) is 0 Å². The number of nitrogens with zero attached hydrogens (tertiary/aromatic N) is 1. The molecule has 2 N–H and O–H groups in total. The van der Waals surface area contributed by atoms with Crippen molar-refractivity contribution in [3.8, 4) is 0 Å². The first-order valence-corrected chi connectivity index (χ1v) is 7.62. The Kier molecular flexibility index (Phi) is 4.61. The topological polar surface area (TPSA) is 29.3 Å². The maximum atomic E-state index is 6.05. The summed E-state index contributed by atoms with van der Waals surface area (Å²) < 4.78 is 0. The summed E-state index contributed by atoms with van der Waals surface area (Å²) in [6, 6.07) is 11.1. The Labute approximate surface area is 119 Å². The van der Waals surface area contributed by atoms with E-state index < -0.39 is 0 Å². The molecule has 1 atom stereocenters. The van der Waals surface area contributed by atoms with Gasteiger partial charge in [0.1, 0.15) is 0 Å². The first kappa shape index (κ1) is 14.1. The molecule has 19 heavy (non-hydrogen) atoms. The van der Waals surface area contributed by atoms with Crippen molar-refractivity contribution in [3.63, 3.8) is 0 Å². The third-order valence-corrected chi connectivity index (χ3v) is 4.60. The molecule has 2 aromatic rings. The van der Waals surface area contributed by atoms with Crippen molar-refractivity contribution in [2.75, 3.05) is 18.0 Å². The summed E-state index contributed by atoms with van der Waals surface area (Å²) >= 11 is 1.80. The normalized spacial score (nSPS) is 12.4. The van der Waals surface area contributed by atoms with Gasteiger partial charge in [0.2, 0.25) is 0 Å². The summed E-state index contributed by atoms with van der Waals surface area (Å²) in [6.07, 6.45) is 0. The van der Waals surface area contributed by atoms with Gasteiger partial charge >= 0.3 is 0 Å². The monoisotopic (exact) mass is 274 g/mol. The van der Waals surface area contributed by atoms with Crippen LogP contribution in [-0.4, -0.2) is 13.1 Å². The smallest absolute Gasteiger partial charge is 0.0759 e. The molecule has 1 unspecified atom stereocenters. The summed E-state index contributed by atoms with van der Waals surface area (Å²) in [6.45, 7) is 8.09. The number of benzene rings is 1. The van der Waals surface area contributed by atoms with Crippen molar-refractivity contribution in [3.05, 3.63) is 51.7 Å². The minimum absolute atomic E-state index is 0.270. The van der Waals surface area contributed by atoms with Gasteiger partial charge in [0, 0.05) is 23.7 Å². The van der Waals surface area contributed by atoms with Crippen LogP contribution in [0.1, 0.15) is 29.0 Å². The third-order valence-electron chi connectivity index (χ3n) is 3.48. The Morgan fingerprint density at radius 2 is 2.05 bits per heavy atom. The van der Waals surface area contributed by atoms with Gasteiger partial charge in [0.15, 0.2) is 0 Å². The molecular weight excluding hydrogens is 252 g/mol. The lowest BCUT2D eigenvalue weighted by atomic mass is 10.1. The molecule has 0 spiro atoms. The largest absolute Gasteiger partial charge is 0.363 e. The third kappa shape index (κ3) is 2.99. The fourth-order valence-electron chi connectivity index (χ4n) is 2.49. The highest BCUT2D eigenvalue weighted by molar-refractivity contribution is 7.10. The predicted molar refractivity (Wildman–Crippen MR) is 85.1 cm³/mol. The summed E-state index contributed by atoms with van der Waals surface area (Å²) in [4.78, 5) is 3.78. The highest BCUT2D eigenvalue weighted by Gasteiger charge is 2.20. The van der Waals surface area contributed by atoms with Gasteiger partial charge in [-0.05, 0) is 55.5 Å². The van der Waals surface area contributed by atoms with Crippen LogP contribution in [0, 0.1) is 13.8 Å². The van der Waals surface area contributed by atoms with Crippen LogP contribution >= 0.6 is 11.3 Å². The van der Waals surface area contributed by atoms with Gasteiger partial charge in [-0.15, -0.1) is 11.3 Å². The van der Waals surface area contributed by atoms with E-state index in [-0.39, 0.29) is 6.04 Å². The number of anilines is 1. The van der Waals surface area contributed by atoms with E-state index in [1.54, 1.807) is 11.3 Å². The van der Waals surface area contributed by atoms with E-state index >= 15 is 0 Å². The number of nitrogens with two attached hydrogens (primary N) is 1. The molecule has 0 radical (unpaired) electrons. The van der Waals surface area contributed by atoms with Gasteiger partial charge in [-0.1, -0.05) is 12.1 Å². The molecule has 0 bridgehead atoms. The molecule has 2 rings (SSSR count). The fraction of sp³-hybridized carbons (Fsp3) is 0.375. The van der Waals surface area contributed by atoms with Crippen LogP contribution in [0.2, 0.25) is 0 Å². The number of hydrogen-bond donors (Lipinski definition) is 1. The number of hydrogen-bond acceptors (Lipinski definition) is 3. The van der Waals surface area contributed by atoms with Crippen LogP contribution in [0.25, 0.3) is 0 Å². The number of aryl methyl sites for hydroxylation is 2. The highest BCUT2D eigenvalue weighted by atomic mass is 32.1. The fourth-order valence-corrected chi connectivity index (χ4v) is 3.54. The Hall–Kier alpha value is -1.32. The van der Waals surface area contributed by atoms with E-state index in [1.807, 2.05) is 0 Å². The molecule has 0 saturated carbocycles. The Morgan fingerprint density at radius 1 is 1.26 bits per heavy atom. The second-order valence-corrected chi connectivity index (χ2v) is 5.79. The molecule has 1 aromatic carbocycles. The molecule has 3 heteroatoms. The van der Waals surface area contributed by atoms with E-state index in [9.17, 15) is 0 Å². The van der Waals surface area contributed by atoms with E-state index in [1.165, 1.54) is 21.7 Å². The van der Waals surface area contributed by atoms with Crippen LogP contribution in [0.3, 0.4) is 0 Å². The average molecular weight is 274 g/mol. The molecule has 0 fully saturated rings. The van der Waals surface area contributed by atoms with Gasteiger partial charge in [-0.25, -0.2) is 0 Å². The minimum Gasteiger partial charge on any atom is -0.363 e. The van der Waals surface area contributed by atoms with Crippen molar-refractivity contribution in [2.24, 2.45) is 5.73 Å². The van der Waals surface area contributed by atoms with Gasteiger partial charge in [0.25, 0.3) is 0 Å². The molecule has 0 aliphatic heterocycles. The lowest BCUT2D eigenvalue weighted by Crippen LogP contribution is -2.33. The second kappa shape index (κ2) is 6.22.